The summed E-state index contributed by atoms with van der Waals surface area (Å²) in [4.78, 5) is 0. The van der Waals surface area contributed by atoms with Crippen LogP contribution in [0.15, 0.2) is 30.3 Å². The smallest absolute Gasteiger partial charge is 0.161 e. The summed E-state index contributed by atoms with van der Waals surface area (Å²) in [6, 6.07) is 9.95. The summed E-state index contributed by atoms with van der Waals surface area (Å²) in [5.74, 6) is 2.91. The number of benzene rings is 2. The highest BCUT2D eigenvalue weighted by molar-refractivity contribution is 5.85. The Balaban J connectivity index is 0.00000243. The van der Waals surface area contributed by atoms with E-state index in [-0.39, 0.29) is 12.4 Å². The molecule has 6 heteroatoms. The van der Waals surface area contributed by atoms with Crippen molar-refractivity contribution < 1.29 is 18.9 Å². The van der Waals surface area contributed by atoms with Crippen molar-refractivity contribution in [3.05, 3.63) is 47.0 Å². The molecule has 0 amide bonds. The summed E-state index contributed by atoms with van der Waals surface area (Å²) in [5, 5.41) is 3.47. The number of fused-ring (bicyclic) bond motifs is 1. The summed E-state index contributed by atoms with van der Waals surface area (Å²) in [7, 11) is 6.58. The first-order valence-electron chi connectivity index (χ1n) is 8.13. The molecule has 0 spiro atoms. The van der Waals surface area contributed by atoms with Crippen LogP contribution in [0.4, 0.5) is 0 Å². The zero-order valence-corrected chi connectivity index (χ0v) is 16.2. The van der Waals surface area contributed by atoms with Crippen molar-refractivity contribution in [3.63, 3.8) is 0 Å². The van der Waals surface area contributed by atoms with E-state index in [9.17, 15) is 0 Å². The lowest BCUT2D eigenvalue weighted by Gasteiger charge is -2.23. The van der Waals surface area contributed by atoms with Crippen LogP contribution in [0.1, 0.15) is 16.7 Å². The Morgan fingerprint density at radius 2 is 1.42 bits per heavy atom. The van der Waals surface area contributed by atoms with Gasteiger partial charge in [0.1, 0.15) is 0 Å². The molecule has 3 rings (SSSR count). The van der Waals surface area contributed by atoms with Crippen molar-refractivity contribution >= 4 is 24.2 Å². The van der Waals surface area contributed by atoms with Gasteiger partial charge in [-0.3, -0.25) is 0 Å². The molecule has 2 aromatic carbocycles. The minimum atomic E-state index is 0. The predicted octanol–water partition coefficient (Wildman–Crippen LogP) is 3.79. The van der Waals surface area contributed by atoms with Gasteiger partial charge in [0.25, 0.3) is 0 Å². The SMILES string of the molecule is COc1ccc(C=C2NCCc3cc(OC)c(OC)cc32)cc1OC.Cl. The van der Waals surface area contributed by atoms with E-state index in [0.717, 1.165) is 41.3 Å². The molecule has 0 fully saturated rings. The average Bonchev–Trinajstić information content (AvgIpc) is 2.66. The third kappa shape index (κ3) is 3.83. The van der Waals surface area contributed by atoms with Crippen LogP contribution in [0.2, 0.25) is 0 Å². The first-order valence-corrected chi connectivity index (χ1v) is 8.13. The highest BCUT2D eigenvalue weighted by atomic mass is 35.5. The predicted molar refractivity (Wildman–Crippen MR) is 106 cm³/mol. The quantitative estimate of drug-likeness (QED) is 0.859. The Hall–Kier alpha value is -2.53. The molecule has 26 heavy (non-hydrogen) atoms. The van der Waals surface area contributed by atoms with Crippen LogP contribution in [0.3, 0.4) is 0 Å². The number of halogens is 1. The maximum absolute atomic E-state index is 5.45. The van der Waals surface area contributed by atoms with E-state index < -0.39 is 0 Å². The third-order valence-corrected chi connectivity index (χ3v) is 4.33. The van der Waals surface area contributed by atoms with E-state index in [0.29, 0.717) is 11.5 Å². The van der Waals surface area contributed by atoms with Gasteiger partial charge in [0, 0.05) is 17.8 Å². The number of rotatable bonds is 5. The number of methoxy groups -OCH3 is 4. The van der Waals surface area contributed by atoms with E-state index in [4.69, 9.17) is 18.9 Å². The molecule has 0 aliphatic carbocycles. The molecule has 5 nitrogen and oxygen atoms in total. The van der Waals surface area contributed by atoms with Gasteiger partial charge in [0.15, 0.2) is 23.0 Å². The highest BCUT2D eigenvalue weighted by Crippen LogP contribution is 2.36. The van der Waals surface area contributed by atoms with Crippen LogP contribution in [-0.4, -0.2) is 35.0 Å². The van der Waals surface area contributed by atoms with E-state index in [2.05, 4.69) is 17.5 Å². The van der Waals surface area contributed by atoms with Crippen molar-refractivity contribution in [2.45, 2.75) is 6.42 Å². The van der Waals surface area contributed by atoms with Crippen LogP contribution in [0.5, 0.6) is 23.0 Å². The Bertz CT molecular complexity index is 805. The summed E-state index contributed by atoms with van der Waals surface area (Å²) in [6.45, 7) is 0.877. The van der Waals surface area contributed by atoms with Gasteiger partial charge in [-0.15, -0.1) is 12.4 Å². The second-order valence-corrected chi connectivity index (χ2v) is 5.71. The van der Waals surface area contributed by atoms with Crippen LogP contribution in [-0.2, 0) is 6.42 Å². The Morgan fingerprint density at radius 3 is 2.08 bits per heavy atom. The number of hydrogen-bond donors (Lipinski definition) is 1. The maximum atomic E-state index is 5.45. The number of nitrogens with one attached hydrogen (secondary N) is 1. The Kier molecular flexibility index (Phi) is 6.64. The van der Waals surface area contributed by atoms with Gasteiger partial charge in [-0.2, -0.15) is 0 Å². The highest BCUT2D eigenvalue weighted by Gasteiger charge is 2.18. The van der Waals surface area contributed by atoms with Crippen LogP contribution in [0.25, 0.3) is 11.8 Å². The van der Waals surface area contributed by atoms with Crippen molar-refractivity contribution in [2.75, 3.05) is 35.0 Å². The van der Waals surface area contributed by atoms with E-state index in [1.165, 1.54) is 5.56 Å². The fourth-order valence-corrected chi connectivity index (χ4v) is 3.04. The Morgan fingerprint density at radius 1 is 0.808 bits per heavy atom. The third-order valence-electron chi connectivity index (χ3n) is 4.33. The second-order valence-electron chi connectivity index (χ2n) is 5.71. The van der Waals surface area contributed by atoms with Gasteiger partial charge in [0.05, 0.1) is 28.4 Å². The summed E-state index contributed by atoms with van der Waals surface area (Å²) in [5.41, 5.74) is 4.44. The van der Waals surface area contributed by atoms with Gasteiger partial charge in [-0.05, 0) is 47.9 Å². The summed E-state index contributed by atoms with van der Waals surface area (Å²) < 4.78 is 21.6. The van der Waals surface area contributed by atoms with Crippen LogP contribution < -0.4 is 24.3 Å². The van der Waals surface area contributed by atoms with Gasteiger partial charge < -0.3 is 24.3 Å². The van der Waals surface area contributed by atoms with E-state index >= 15 is 0 Å². The topological polar surface area (TPSA) is 49.0 Å². The molecule has 0 unspecified atom stereocenters. The minimum Gasteiger partial charge on any atom is -0.493 e. The minimum absolute atomic E-state index is 0. The maximum Gasteiger partial charge on any atom is 0.161 e. The molecule has 0 radical (unpaired) electrons. The van der Waals surface area contributed by atoms with Crippen molar-refractivity contribution in [1.82, 2.24) is 5.32 Å². The lowest BCUT2D eigenvalue weighted by Crippen LogP contribution is -2.22. The van der Waals surface area contributed by atoms with Gasteiger partial charge >= 0.3 is 0 Å². The molecule has 1 heterocycles. The van der Waals surface area contributed by atoms with Crippen molar-refractivity contribution in [3.8, 4) is 23.0 Å². The molecule has 0 saturated carbocycles. The first kappa shape index (κ1) is 19.8. The molecule has 1 aliphatic rings. The number of ether oxygens (including phenoxy) is 4. The number of hydrogen-bond acceptors (Lipinski definition) is 5. The zero-order valence-electron chi connectivity index (χ0n) is 15.4. The Labute approximate surface area is 160 Å². The molecular formula is C20H24ClNO4. The monoisotopic (exact) mass is 377 g/mol. The van der Waals surface area contributed by atoms with Crippen LogP contribution in [0, 0.1) is 0 Å². The van der Waals surface area contributed by atoms with Gasteiger partial charge in [-0.25, -0.2) is 0 Å². The van der Waals surface area contributed by atoms with Gasteiger partial charge in [0.2, 0.25) is 0 Å². The lowest BCUT2D eigenvalue weighted by atomic mass is 9.96. The molecule has 2 aromatic rings. The molecule has 1 N–H and O–H groups in total. The second kappa shape index (κ2) is 8.72. The molecule has 0 aromatic heterocycles. The normalized spacial score (nSPS) is 13.9. The largest absolute Gasteiger partial charge is 0.493 e. The average molecular weight is 378 g/mol. The molecule has 0 saturated heterocycles. The molecular weight excluding hydrogens is 354 g/mol. The molecule has 0 atom stereocenters. The standard InChI is InChI=1S/C20H23NO4.ClH/c1-22-17-6-5-13(10-18(17)23-2)9-16-15-12-20(25-4)19(24-3)11-14(15)7-8-21-16;/h5-6,9-12,21H,7-8H2,1-4H3;1H. The zero-order chi connectivity index (χ0) is 17.8. The van der Waals surface area contributed by atoms with Gasteiger partial charge in [-0.1, -0.05) is 6.07 Å². The fourth-order valence-electron chi connectivity index (χ4n) is 3.04. The van der Waals surface area contributed by atoms with E-state index in [1.807, 2.05) is 24.3 Å². The fraction of sp³-hybridized carbons (Fsp3) is 0.300. The summed E-state index contributed by atoms with van der Waals surface area (Å²) in [6.07, 6.45) is 3.05. The first-order chi connectivity index (χ1) is 12.2. The summed E-state index contributed by atoms with van der Waals surface area (Å²) >= 11 is 0. The van der Waals surface area contributed by atoms with E-state index in [1.54, 1.807) is 28.4 Å². The van der Waals surface area contributed by atoms with Crippen molar-refractivity contribution in [2.24, 2.45) is 0 Å². The van der Waals surface area contributed by atoms with Crippen molar-refractivity contribution in [1.29, 1.82) is 0 Å². The molecule has 1 aliphatic heterocycles. The molecule has 0 bridgehead atoms. The molecule has 140 valence electrons. The van der Waals surface area contributed by atoms with Crippen LogP contribution >= 0.6 is 12.4 Å². The lowest BCUT2D eigenvalue weighted by molar-refractivity contribution is 0.354.